The maximum Gasteiger partial charge on any atom is 0.258 e. The minimum atomic E-state index is -3.60. The van der Waals surface area contributed by atoms with Gasteiger partial charge in [0.05, 0.1) is 0 Å². The number of nitrogens with zero attached hydrogens (tertiary/aromatic N) is 5. The first-order valence-corrected chi connectivity index (χ1v) is 8.88. The molecule has 0 amide bonds. The Labute approximate surface area is 138 Å². The molecule has 114 valence electrons. The zero-order valence-electron chi connectivity index (χ0n) is 11.0. The molecule has 0 radical (unpaired) electrons. The molecule has 0 saturated carbocycles. The molecule has 0 atom stereocenters. The van der Waals surface area contributed by atoms with E-state index in [0.29, 0.717) is 20.9 Å². The van der Waals surface area contributed by atoms with Crippen LogP contribution in [0.5, 0.6) is 0 Å². The molecule has 0 fully saturated rings. The van der Waals surface area contributed by atoms with Gasteiger partial charge >= 0.3 is 0 Å². The SMILES string of the molecule is CS(=O)(=O)c1nc(N)n2nc(-c3ccc(Cl)cc3Br)nc2n1. The minimum Gasteiger partial charge on any atom is -0.368 e. The molecule has 0 saturated heterocycles. The second-order valence-electron chi connectivity index (χ2n) is 4.41. The normalized spacial score (nSPS) is 12.0. The number of halogens is 2. The van der Waals surface area contributed by atoms with Gasteiger partial charge in [-0.1, -0.05) is 11.6 Å². The lowest BCUT2D eigenvalue weighted by atomic mass is 10.2. The quantitative estimate of drug-likeness (QED) is 0.690. The Morgan fingerprint density at radius 1 is 1.27 bits per heavy atom. The Balaban J connectivity index is 2.24. The molecule has 0 bridgehead atoms. The van der Waals surface area contributed by atoms with Crippen LogP contribution in [0.15, 0.2) is 27.8 Å². The van der Waals surface area contributed by atoms with E-state index in [1.54, 1.807) is 18.2 Å². The van der Waals surface area contributed by atoms with Crippen LogP contribution in [0, 0.1) is 0 Å². The van der Waals surface area contributed by atoms with Crippen molar-refractivity contribution < 1.29 is 8.42 Å². The highest BCUT2D eigenvalue weighted by atomic mass is 79.9. The third-order valence-corrected chi connectivity index (χ3v) is 4.45. The zero-order valence-corrected chi connectivity index (χ0v) is 14.2. The number of anilines is 1. The molecule has 0 aliphatic rings. The number of aromatic nitrogens is 5. The average molecular weight is 404 g/mol. The molecule has 0 spiro atoms. The second-order valence-corrected chi connectivity index (χ2v) is 7.61. The van der Waals surface area contributed by atoms with Gasteiger partial charge in [-0.15, -0.1) is 5.10 Å². The summed E-state index contributed by atoms with van der Waals surface area (Å²) >= 11 is 9.26. The fraction of sp³-hybridized carbons (Fsp3) is 0.0909. The Kier molecular flexibility index (Phi) is 3.54. The highest BCUT2D eigenvalue weighted by Gasteiger charge is 2.18. The number of nitrogens with two attached hydrogens (primary N) is 1. The summed E-state index contributed by atoms with van der Waals surface area (Å²) in [6.45, 7) is 0. The van der Waals surface area contributed by atoms with E-state index in [2.05, 4.69) is 36.0 Å². The largest absolute Gasteiger partial charge is 0.368 e. The molecule has 11 heteroatoms. The van der Waals surface area contributed by atoms with E-state index in [4.69, 9.17) is 17.3 Å². The van der Waals surface area contributed by atoms with Gasteiger partial charge in [0.25, 0.3) is 10.9 Å². The van der Waals surface area contributed by atoms with E-state index in [1.807, 2.05) is 0 Å². The van der Waals surface area contributed by atoms with Gasteiger partial charge in [0.2, 0.25) is 15.8 Å². The van der Waals surface area contributed by atoms with Gasteiger partial charge in [0, 0.05) is 21.3 Å². The number of hydrogen-bond donors (Lipinski definition) is 1. The monoisotopic (exact) mass is 402 g/mol. The molecule has 3 aromatic rings. The molecule has 2 aromatic heterocycles. The summed E-state index contributed by atoms with van der Waals surface area (Å²) in [5.41, 5.74) is 6.38. The molecule has 8 nitrogen and oxygen atoms in total. The van der Waals surface area contributed by atoms with Crippen LogP contribution in [-0.4, -0.2) is 39.2 Å². The lowest BCUT2D eigenvalue weighted by molar-refractivity contribution is 0.592. The number of benzene rings is 1. The third kappa shape index (κ3) is 2.64. The van der Waals surface area contributed by atoms with Crippen molar-refractivity contribution in [3.8, 4) is 11.4 Å². The van der Waals surface area contributed by atoms with Crippen LogP contribution in [0.1, 0.15) is 0 Å². The maximum absolute atomic E-state index is 11.5. The van der Waals surface area contributed by atoms with E-state index in [1.165, 1.54) is 4.52 Å². The summed E-state index contributed by atoms with van der Waals surface area (Å²) < 4.78 is 24.9. The van der Waals surface area contributed by atoms with Gasteiger partial charge in [-0.05, 0) is 34.1 Å². The highest BCUT2D eigenvalue weighted by Crippen LogP contribution is 2.29. The van der Waals surface area contributed by atoms with Crippen LogP contribution in [0.2, 0.25) is 5.02 Å². The van der Waals surface area contributed by atoms with E-state index >= 15 is 0 Å². The first-order chi connectivity index (χ1) is 10.3. The highest BCUT2D eigenvalue weighted by molar-refractivity contribution is 9.10. The van der Waals surface area contributed by atoms with Crippen LogP contribution in [0.25, 0.3) is 17.2 Å². The predicted octanol–water partition coefficient (Wildman–Crippen LogP) is 1.59. The molecule has 22 heavy (non-hydrogen) atoms. The van der Waals surface area contributed by atoms with Gasteiger partial charge in [0.15, 0.2) is 5.82 Å². The van der Waals surface area contributed by atoms with Crippen LogP contribution in [-0.2, 0) is 9.84 Å². The summed E-state index contributed by atoms with van der Waals surface area (Å²) in [7, 11) is -3.60. The summed E-state index contributed by atoms with van der Waals surface area (Å²) in [4.78, 5) is 11.8. The molecular formula is C11H8BrClN6O2S. The lowest BCUT2D eigenvalue weighted by Crippen LogP contribution is -2.11. The van der Waals surface area contributed by atoms with Gasteiger partial charge in [-0.3, -0.25) is 0 Å². The van der Waals surface area contributed by atoms with Crippen molar-refractivity contribution in [2.45, 2.75) is 5.16 Å². The van der Waals surface area contributed by atoms with Crippen molar-refractivity contribution in [2.24, 2.45) is 0 Å². The van der Waals surface area contributed by atoms with Crippen molar-refractivity contribution in [2.75, 3.05) is 12.0 Å². The van der Waals surface area contributed by atoms with Crippen molar-refractivity contribution in [1.82, 2.24) is 24.6 Å². The number of nitrogen functional groups attached to an aromatic ring is 1. The maximum atomic E-state index is 11.5. The number of rotatable bonds is 2. The zero-order chi connectivity index (χ0) is 16.1. The molecule has 3 rings (SSSR count). The molecule has 2 heterocycles. The summed E-state index contributed by atoms with van der Waals surface area (Å²) in [6, 6.07) is 5.10. The summed E-state index contributed by atoms with van der Waals surface area (Å²) in [6.07, 6.45) is 0.991. The topological polar surface area (TPSA) is 116 Å². The van der Waals surface area contributed by atoms with Crippen LogP contribution in [0.3, 0.4) is 0 Å². The van der Waals surface area contributed by atoms with E-state index < -0.39 is 15.0 Å². The Bertz CT molecular complexity index is 1000. The van der Waals surface area contributed by atoms with E-state index in [9.17, 15) is 8.42 Å². The molecular weight excluding hydrogens is 396 g/mol. The first-order valence-electron chi connectivity index (χ1n) is 5.81. The fourth-order valence-electron chi connectivity index (χ4n) is 1.74. The van der Waals surface area contributed by atoms with Crippen molar-refractivity contribution in [3.63, 3.8) is 0 Å². The standard InChI is InChI=1S/C11H8BrClN6O2S/c1-22(20,21)11-16-9(14)19-10(17-11)15-8(18-19)6-3-2-5(13)4-7(6)12/h2-4H,1H3,(H2,14,15,16,17,18). The number of sulfone groups is 1. The van der Waals surface area contributed by atoms with Crippen LogP contribution < -0.4 is 5.73 Å². The number of hydrogen-bond acceptors (Lipinski definition) is 7. The fourth-order valence-corrected chi connectivity index (χ4v) is 3.10. The van der Waals surface area contributed by atoms with E-state index in [-0.39, 0.29) is 11.7 Å². The van der Waals surface area contributed by atoms with Gasteiger partial charge in [-0.25, -0.2) is 8.42 Å². The number of fused-ring (bicyclic) bond motifs is 1. The minimum absolute atomic E-state index is 0.0461. The Hall–Kier alpha value is -1.78. The van der Waals surface area contributed by atoms with Gasteiger partial charge in [0.1, 0.15) is 0 Å². The van der Waals surface area contributed by atoms with E-state index in [0.717, 1.165) is 6.26 Å². The Morgan fingerprint density at radius 3 is 2.64 bits per heavy atom. The first kappa shape index (κ1) is 15.1. The van der Waals surface area contributed by atoms with Crippen LogP contribution in [0.4, 0.5) is 5.95 Å². The van der Waals surface area contributed by atoms with Crippen molar-refractivity contribution >= 4 is 49.1 Å². The summed E-state index contributed by atoms with van der Waals surface area (Å²) in [5, 5.41) is 4.34. The van der Waals surface area contributed by atoms with Crippen molar-refractivity contribution in [3.05, 3.63) is 27.7 Å². The molecule has 0 aliphatic carbocycles. The smallest absolute Gasteiger partial charge is 0.258 e. The third-order valence-electron chi connectivity index (χ3n) is 2.72. The molecule has 0 unspecified atom stereocenters. The van der Waals surface area contributed by atoms with Gasteiger partial charge < -0.3 is 5.73 Å². The predicted molar refractivity (Wildman–Crippen MR) is 84.2 cm³/mol. The molecule has 1 aromatic carbocycles. The lowest BCUT2D eigenvalue weighted by Gasteiger charge is -1.99. The van der Waals surface area contributed by atoms with Crippen molar-refractivity contribution in [1.29, 1.82) is 0 Å². The Morgan fingerprint density at radius 2 is 2.00 bits per heavy atom. The average Bonchev–Trinajstić information content (AvgIpc) is 2.81. The second kappa shape index (κ2) is 5.14. The molecule has 0 aliphatic heterocycles. The molecule has 2 N–H and O–H groups in total. The summed E-state index contributed by atoms with van der Waals surface area (Å²) in [5.74, 6) is 0.245. The van der Waals surface area contributed by atoms with Gasteiger partial charge in [-0.2, -0.15) is 19.5 Å². The van der Waals surface area contributed by atoms with Crippen LogP contribution >= 0.6 is 27.5 Å².